The van der Waals surface area contributed by atoms with Gasteiger partial charge in [0.1, 0.15) is 48.8 Å². The van der Waals surface area contributed by atoms with Crippen molar-refractivity contribution in [3.8, 4) is 0 Å². The molecule has 0 unspecified atom stereocenters. The van der Waals surface area contributed by atoms with Crippen LogP contribution in [0.15, 0.2) is 212 Å². The zero-order valence-electron chi connectivity index (χ0n) is 40.4. The fourth-order valence-corrected chi connectivity index (χ4v) is 8.98. The molecular formula is C61H64O11. The van der Waals surface area contributed by atoms with E-state index in [0.29, 0.717) is 13.2 Å². The number of rotatable bonds is 25. The molecule has 2 fully saturated rings. The SMILES string of the molecule is O[C@@H]1O[C@H](COCc2ccccc2)[C@H](OCc2ccccc2)[C@H](O[C@H]2O[C@H](COCc3ccccc3)[C@H](OCc3ccccc3)[C@H](OCc3ccccc3)[C@H]2OCc2ccccc2)[C@H]1OCc1ccccc1. The first-order chi connectivity index (χ1) is 35.6. The number of hydrogen-bond acceptors (Lipinski definition) is 11. The van der Waals surface area contributed by atoms with Gasteiger partial charge in [0.15, 0.2) is 12.6 Å². The molecule has 0 bridgehead atoms. The van der Waals surface area contributed by atoms with Gasteiger partial charge in [-0.05, 0) is 38.9 Å². The van der Waals surface area contributed by atoms with Crippen LogP contribution in [-0.4, -0.2) is 79.7 Å². The number of hydrogen-bond donors (Lipinski definition) is 1. The molecule has 2 heterocycles. The molecule has 0 radical (unpaired) electrons. The summed E-state index contributed by atoms with van der Waals surface area (Å²) < 4.78 is 68.6. The van der Waals surface area contributed by atoms with Crippen molar-refractivity contribution in [3.63, 3.8) is 0 Å². The van der Waals surface area contributed by atoms with Crippen LogP contribution in [0.2, 0.25) is 0 Å². The van der Waals surface area contributed by atoms with Crippen molar-refractivity contribution in [2.24, 2.45) is 0 Å². The zero-order chi connectivity index (χ0) is 49.0. The van der Waals surface area contributed by atoms with Crippen LogP contribution in [0.1, 0.15) is 38.9 Å². The highest BCUT2D eigenvalue weighted by Gasteiger charge is 2.54. The third-order valence-electron chi connectivity index (χ3n) is 12.7. The van der Waals surface area contributed by atoms with Crippen molar-refractivity contribution >= 4 is 0 Å². The van der Waals surface area contributed by atoms with Gasteiger partial charge in [0.25, 0.3) is 0 Å². The molecule has 11 heteroatoms. The molecule has 1 N–H and O–H groups in total. The summed E-state index contributed by atoms with van der Waals surface area (Å²) in [6.07, 6.45) is -9.47. The highest BCUT2D eigenvalue weighted by Crippen LogP contribution is 2.36. The Balaban J connectivity index is 1.10. The van der Waals surface area contributed by atoms with Gasteiger partial charge in [-0.2, -0.15) is 0 Å². The van der Waals surface area contributed by atoms with Crippen LogP contribution in [0.5, 0.6) is 0 Å². The van der Waals surface area contributed by atoms with Crippen molar-refractivity contribution in [2.75, 3.05) is 13.2 Å². The van der Waals surface area contributed by atoms with Gasteiger partial charge in [-0.1, -0.05) is 212 Å². The maximum absolute atomic E-state index is 12.1. The second-order valence-electron chi connectivity index (χ2n) is 18.0. The predicted molar refractivity (Wildman–Crippen MR) is 272 cm³/mol. The first kappa shape index (κ1) is 51.0. The summed E-state index contributed by atoms with van der Waals surface area (Å²) in [6.45, 7) is 1.93. The Morgan fingerprint density at radius 2 is 0.569 bits per heavy atom. The fraction of sp³-hybridized carbons (Fsp3) is 0.311. The minimum atomic E-state index is -1.45. The lowest BCUT2D eigenvalue weighted by Gasteiger charge is -2.49. The monoisotopic (exact) mass is 972 g/mol. The lowest BCUT2D eigenvalue weighted by atomic mass is 9.95. The average Bonchev–Trinajstić information content (AvgIpc) is 3.43. The highest BCUT2D eigenvalue weighted by molar-refractivity contribution is 5.19. The fourth-order valence-electron chi connectivity index (χ4n) is 8.98. The molecule has 9 rings (SSSR count). The highest BCUT2D eigenvalue weighted by atomic mass is 16.7. The minimum Gasteiger partial charge on any atom is -0.374 e. The van der Waals surface area contributed by atoms with Gasteiger partial charge in [-0.15, -0.1) is 0 Å². The zero-order valence-corrected chi connectivity index (χ0v) is 40.4. The van der Waals surface area contributed by atoms with E-state index in [4.69, 9.17) is 47.4 Å². The summed E-state index contributed by atoms with van der Waals surface area (Å²) in [6, 6.07) is 69.6. The van der Waals surface area contributed by atoms with Gasteiger partial charge in [-0.25, -0.2) is 0 Å². The number of ether oxygens (including phenoxy) is 10. The molecule has 0 amide bonds. The van der Waals surface area contributed by atoms with Crippen LogP contribution in [0.4, 0.5) is 0 Å². The van der Waals surface area contributed by atoms with E-state index in [1.54, 1.807) is 0 Å². The van der Waals surface area contributed by atoms with Gasteiger partial charge < -0.3 is 52.5 Å². The molecule has 7 aromatic rings. The molecular weight excluding hydrogens is 909 g/mol. The van der Waals surface area contributed by atoms with E-state index >= 15 is 0 Å². The van der Waals surface area contributed by atoms with E-state index in [9.17, 15) is 5.11 Å². The lowest BCUT2D eigenvalue weighted by molar-refractivity contribution is -0.375. The molecule has 0 spiro atoms. The largest absolute Gasteiger partial charge is 0.374 e. The summed E-state index contributed by atoms with van der Waals surface area (Å²) in [7, 11) is 0. The second kappa shape index (κ2) is 27.2. The van der Waals surface area contributed by atoms with Crippen LogP contribution in [0.25, 0.3) is 0 Å². The smallest absolute Gasteiger partial charge is 0.187 e. The molecule has 0 aromatic heterocycles. The van der Waals surface area contributed by atoms with Crippen molar-refractivity contribution in [3.05, 3.63) is 251 Å². The van der Waals surface area contributed by atoms with Gasteiger partial charge >= 0.3 is 0 Å². The third-order valence-corrected chi connectivity index (χ3v) is 12.7. The summed E-state index contributed by atoms with van der Waals surface area (Å²) in [5, 5.41) is 12.1. The van der Waals surface area contributed by atoms with Crippen LogP contribution in [-0.2, 0) is 93.6 Å². The van der Waals surface area contributed by atoms with E-state index in [0.717, 1.165) is 38.9 Å². The summed E-state index contributed by atoms with van der Waals surface area (Å²) >= 11 is 0. The van der Waals surface area contributed by atoms with Crippen molar-refractivity contribution in [1.29, 1.82) is 0 Å². The molecule has 374 valence electrons. The Kier molecular flexibility index (Phi) is 19.3. The average molecular weight is 973 g/mol. The predicted octanol–water partition coefficient (Wildman–Crippen LogP) is 10.2. The third kappa shape index (κ3) is 14.8. The van der Waals surface area contributed by atoms with E-state index in [1.807, 2.05) is 212 Å². The lowest BCUT2D eigenvalue weighted by Crippen LogP contribution is -2.66. The first-order valence-corrected chi connectivity index (χ1v) is 24.8. The summed E-state index contributed by atoms with van der Waals surface area (Å²) in [5.74, 6) is 0. The van der Waals surface area contributed by atoms with Crippen molar-refractivity contribution < 1.29 is 52.5 Å². The Morgan fingerprint density at radius 1 is 0.292 bits per heavy atom. The maximum atomic E-state index is 12.1. The van der Waals surface area contributed by atoms with E-state index in [1.165, 1.54) is 0 Å². The van der Waals surface area contributed by atoms with Gasteiger partial charge in [0.05, 0.1) is 59.5 Å². The summed E-state index contributed by atoms with van der Waals surface area (Å²) in [5.41, 5.74) is 6.74. The molecule has 0 aliphatic carbocycles. The molecule has 0 saturated carbocycles. The second-order valence-corrected chi connectivity index (χ2v) is 18.0. The van der Waals surface area contributed by atoms with E-state index in [2.05, 4.69) is 0 Å². The molecule has 10 atom stereocenters. The molecule has 72 heavy (non-hydrogen) atoms. The number of aliphatic hydroxyl groups is 1. The van der Waals surface area contributed by atoms with Crippen molar-refractivity contribution in [2.45, 2.75) is 108 Å². The quantitative estimate of drug-likeness (QED) is 0.0591. The van der Waals surface area contributed by atoms with Gasteiger partial charge in [0.2, 0.25) is 0 Å². The number of aliphatic hydroxyl groups excluding tert-OH is 1. The molecule has 2 aliphatic heterocycles. The van der Waals surface area contributed by atoms with Crippen molar-refractivity contribution in [1.82, 2.24) is 0 Å². The molecule has 2 aliphatic rings. The Labute approximate surface area is 423 Å². The number of benzene rings is 7. The van der Waals surface area contributed by atoms with E-state index in [-0.39, 0.29) is 46.2 Å². The maximum Gasteiger partial charge on any atom is 0.187 e. The minimum absolute atomic E-state index is 0.0737. The Morgan fingerprint density at radius 3 is 0.931 bits per heavy atom. The normalized spacial score (nSPS) is 24.2. The van der Waals surface area contributed by atoms with Crippen LogP contribution < -0.4 is 0 Å². The molecule has 7 aromatic carbocycles. The molecule has 11 nitrogen and oxygen atoms in total. The Hall–Kier alpha value is -5.90. The van der Waals surface area contributed by atoms with Gasteiger partial charge in [0, 0.05) is 0 Å². The van der Waals surface area contributed by atoms with Crippen LogP contribution >= 0.6 is 0 Å². The van der Waals surface area contributed by atoms with Gasteiger partial charge in [-0.3, -0.25) is 0 Å². The summed E-state index contributed by atoms with van der Waals surface area (Å²) in [4.78, 5) is 0. The first-order valence-electron chi connectivity index (χ1n) is 24.8. The Bertz CT molecular complexity index is 2550. The van der Waals surface area contributed by atoms with E-state index < -0.39 is 61.4 Å². The molecule has 2 saturated heterocycles. The van der Waals surface area contributed by atoms with Crippen LogP contribution in [0.3, 0.4) is 0 Å². The standard InChI is InChI=1S/C61H64O11/c62-60-58(68-41-50-32-18-6-19-33-50)57(55(66-39-48-28-14-4-15-29-48)52(70-60)43-63-36-45-22-8-1-9-23-45)72-61-59(69-42-51-34-20-7-21-35-51)56(67-40-49-30-16-5-17-31-49)54(65-38-47-26-12-3-13-27-47)53(71-61)44-64-37-46-24-10-2-11-25-46/h1-35,52-62H,36-44H2/t52-,53-,54+,55+,56+,57+,58-,59-,60-,61-/m1/s1. The topological polar surface area (TPSA) is 113 Å². The van der Waals surface area contributed by atoms with Crippen LogP contribution in [0, 0.1) is 0 Å².